The average Bonchev–Trinajstić information content (AvgIpc) is 3.24. The van der Waals surface area contributed by atoms with Crippen LogP contribution in [0, 0.1) is 17.7 Å². The zero-order valence-electron chi connectivity index (χ0n) is 16.0. The molecule has 2 aliphatic heterocycles. The third-order valence-corrected chi connectivity index (χ3v) is 6.03. The van der Waals surface area contributed by atoms with Crippen molar-refractivity contribution in [3.63, 3.8) is 0 Å². The van der Waals surface area contributed by atoms with Gasteiger partial charge in [-0.25, -0.2) is 4.39 Å². The lowest BCUT2D eigenvalue weighted by Gasteiger charge is -2.25. The van der Waals surface area contributed by atoms with E-state index in [1.165, 1.54) is 31.9 Å². The van der Waals surface area contributed by atoms with Crippen molar-refractivity contribution >= 4 is 17.6 Å². The quantitative estimate of drug-likeness (QED) is 0.701. The molecule has 28 heavy (non-hydrogen) atoms. The van der Waals surface area contributed by atoms with Gasteiger partial charge in [-0.1, -0.05) is 0 Å². The number of carbonyl (C=O) groups excluding carboxylic acids is 3. The largest absolute Gasteiger partial charge is 0.371 e. The first-order valence-electron chi connectivity index (χ1n) is 9.91. The molecule has 0 bridgehead atoms. The molecule has 2 atom stereocenters. The van der Waals surface area contributed by atoms with Crippen molar-refractivity contribution < 1.29 is 23.5 Å². The Balaban J connectivity index is 1.37. The number of carbonyl (C=O) groups is 3. The molecular formula is C21H25FN2O4. The molecule has 0 radical (unpaired) electrons. The molecule has 4 rings (SSSR count). The molecule has 2 amide bonds. The van der Waals surface area contributed by atoms with Crippen molar-refractivity contribution in [2.75, 3.05) is 32.8 Å². The fraction of sp³-hybridized carbons (Fsp3) is 0.571. The van der Waals surface area contributed by atoms with E-state index in [2.05, 4.69) is 0 Å². The predicted octanol–water partition coefficient (Wildman–Crippen LogP) is 2.13. The van der Waals surface area contributed by atoms with Crippen LogP contribution in [0.2, 0.25) is 0 Å². The van der Waals surface area contributed by atoms with Gasteiger partial charge in [-0.05, 0) is 50.3 Å². The van der Waals surface area contributed by atoms with Crippen LogP contribution in [0.25, 0.3) is 0 Å². The molecule has 6 nitrogen and oxygen atoms in total. The maximum Gasteiger partial charge on any atom is 0.254 e. The maximum absolute atomic E-state index is 14.1. The van der Waals surface area contributed by atoms with Crippen LogP contribution in [-0.2, 0) is 9.53 Å². The molecule has 150 valence electrons. The number of amides is 2. The van der Waals surface area contributed by atoms with Gasteiger partial charge in [0.25, 0.3) is 5.91 Å². The first-order chi connectivity index (χ1) is 13.4. The SMILES string of the molecule is CC(=O)c1ccc(C(=O)N2C[C@@H]3CCN(C(=O)COCC4CC4)[C@@H]3C2)cc1F. The molecule has 1 aromatic carbocycles. The van der Waals surface area contributed by atoms with Crippen molar-refractivity contribution in [1.29, 1.82) is 0 Å². The molecule has 2 saturated heterocycles. The fourth-order valence-corrected chi connectivity index (χ4v) is 4.23. The van der Waals surface area contributed by atoms with E-state index in [1.54, 1.807) is 4.90 Å². The second-order valence-electron chi connectivity index (χ2n) is 8.12. The molecule has 0 N–H and O–H groups in total. The van der Waals surface area contributed by atoms with Crippen molar-refractivity contribution in [2.45, 2.75) is 32.2 Å². The first kappa shape index (κ1) is 19.1. The van der Waals surface area contributed by atoms with Crippen molar-refractivity contribution in [2.24, 2.45) is 11.8 Å². The smallest absolute Gasteiger partial charge is 0.254 e. The number of likely N-dealkylation sites (tertiary alicyclic amines) is 2. The van der Waals surface area contributed by atoms with Gasteiger partial charge in [0.15, 0.2) is 5.78 Å². The van der Waals surface area contributed by atoms with Gasteiger partial charge in [-0.3, -0.25) is 14.4 Å². The van der Waals surface area contributed by atoms with Crippen LogP contribution in [-0.4, -0.2) is 66.3 Å². The minimum absolute atomic E-state index is 0.00214. The summed E-state index contributed by atoms with van der Waals surface area (Å²) in [7, 11) is 0. The summed E-state index contributed by atoms with van der Waals surface area (Å²) < 4.78 is 19.6. The van der Waals surface area contributed by atoms with Gasteiger partial charge in [0.05, 0.1) is 18.2 Å². The number of hydrogen-bond donors (Lipinski definition) is 0. The standard InChI is InChI=1S/C21H25FN2O4/c1-13(25)17-5-4-15(8-18(17)22)21(27)23-9-16-6-7-24(19(16)10-23)20(26)12-28-11-14-2-3-14/h4-5,8,14,16,19H,2-3,6-7,9-12H2,1H3/t16-,19+/m0/s1. The van der Waals surface area contributed by atoms with Crippen LogP contribution in [0.5, 0.6) is 0 Å². The molecule has 7 heteroatoms. The zero-order valence-corrected chi connectivity index (χ0v) is 16.0. The number of hydrogen-bond acceptors (Lipinski definition) is 4. The summed E-state index contributed by atoms with van der Waals surface area (Å²) in [6, 6.07) is 3.98. The Hall–Kier alpha value is -2.28. The van der Waals surface area contributed by atoms with Gasteiger partial charge in [0.1, 0.15) is 12.4 Å². The fourth-order valence-electron chi connectivity index (χ4n) is 4.23. The van der Waals surface area contributed by atoms with Gasteiger partial charge < -0.3 is 14.5 Å². The lowest BCUT2D eigenvalue weighted by molar-refractivity contribution is -0.137. The van der Waals surface area contributed by atoms with E-state index in [-0.39, 0.29) is 47.3 Å². The van der Waals surface area contributed by atoms with Crippen molar-refractivity contribution in [3.05, 3.63) is 35.1 Å². The van der Waals surface area contributed by atoms with Crippen LogP contribution in [0.1, 0.15) is 46.9 Å². The highest BCUT2D eigenvalue weighted by Gasteiger charge is 2.44. The summed E-state index contributed by atoms with van der Waals surface area (Å²) in [5.41, 5.74) is 0.214. The molecule has 1 aliphatic carbocycles. The summed E-state index contributed by atoms with van der Waals surface area (Å²) in [5.74, 6) is -0.459. The Kier molecular flexibility index (Phi) is 5.19. The maximum atomic E-state index is 14.1. The van der Waals surface area contributed by atoms with Gasteiger partial charge in [-0.2, -0.15) is 0 Å². The summed E-state index contributed by atoms with van der Waals surface area (Å²) >= 11 is 0. The van der Waals surface area contributed by atoms with E-state index in [0.717, 1.165) is 12.5 Å². The Morgan fingerprint density at radius 2 is 1.96 bits per heavy atom. The predicted molar refractivity (Wildman–Crippen MR) is 99.5 cm³/mol. The minimum Gasteiger partial charge on any atom is -0.371 e. The van der Waals surface area contributed by atoms with E-state index in [1.807, 2.05) is 4.90 Å². The third kappa shape index (κ3) is 3.81. The number of rotatable bonds is 6. The van der Waals surface area contributed by atoms with Crippen LogP contribution in [0.4, 0.5) is 4.39 Å². The highest BCUT2D eigenvalue weighted by Crippen LogP contribution is 2.33. The summed E-state index contributed by atoms with van der Waals surface area (Å²) in [6.07, 6.45) is 3.24. The Morgan fingerprint density at radius 1 is 1.18 bits per heavy atom. The summed E-state index contributed by atoms with van der Waals surface area (Å²) in [4.78, 5) is 40.2. The Labute approximate surface area is 163 Å². The molecule has 1 aromatic rings. The van der Waals surface area contributed by atoms with E-state index >= 15 is 0 Å². The molecule has 2 heterocycles. The number of Topliss-reactive ketones (excluding diaryl/α,β-unsaturated/α-hetero) is 1. The number of nitrogens with zero attached hydrogens (tertiary/aromatic N) is 2. The Bertz CT molecular complexity index is 808. The number of ketones is 1. The normalized spacial score (nSPS) is 23.8. The second kappa shape index (κ2) is 7.62. The first-order valence-corrected chi connectivity index (χ1v) is 9.91. The number of fused-ring (bicyclic) bond motifs is 1. The Morgan fingerprint density at radius 3 is 2.64 bits per heavy atom. The molecule has 3 fully saturated rings. The van der Waals surface area contributed by atoms with Gasteiger partial charge in [0, 0.05) is 31.1 Å². The summed E-state index contributed by atoms with van der Waals surface area (Å²) in [6.45, 7) is 3.76. The van der Waals surface area contributed by atoms with Crippen molar-refractivity contribution in [3.8, 4) is 0 Å². The molecule has 3 aliphatic rings. The number of halogens is 1. The molecule has 0 unspecified atom stereocenters. The third-order valence-electron chi connectivity index (χ3n) is 6.03. The minimum atomic E-state index is -0.678. The van der Waals surface area contributed by atoms with Crippen LogP contribution >= 0.6 is 0 Å². The van der Waals surface area contributed by atoms with E-state index < -0.39 is 5.82 Å². The number of ether oxygens (including phenoxy) is 1. The highest BCUT2D eigenvalue weighted by atomic mass is 19.1. The van der Waals surface area contributed by atoms with E-state index in [9.17, 15) is 18.8 Å². The lowest BCUT2D eigenvalue weighted by Crippen LogP contribution is -2.42. The van der Waals surface area contributed by atoms with Crippen LogP contribution in [0.15, 0.2) is 18.2 Å². The van der Waals surface area contributed by atoms with Gasteiger partial charge in [0.2, 0.25) is 5.91 Å². The second-order valence-corrected chi connectivity index (χ2v) is 8.12. The number of benzene rings is 1. The van der Waals surface area contributed by atoms with Crippen LogP contribution in [0.3, 0.4) is 0 Å². The van der Waals surface area contributed by atoms with E-state index in [4.69, 9.17) is 4.74 Å². The molecular weight excluding hydrogens is 363 g/mol. The molecule has 1 saturated carbocycles. The monoisotopic (exact) mass is 388 g/mol. The van der Waals surface area contributed by atoms with Crippen LogP contribution < -0.4 is 0 Å². The van der Waals surface area contributed by atoms with E-state index in [0.29, 0.717) is 32.2 Å². The van der Waals surface area contributed by atoms with Gasteiger partial charge in [-0.15, -0.1) is 0 Å². The average molecular weight is 388 g/mol. The molecule has 0 aromatic heterocycles. The van der Waals surface area contributed by atoms with Gasteiger partial charge >= 0.3 is 0 Å². The lowest BCUT2D eigenvalue weighted by atomic mass is 10.1. The van der Waals surface area contributed by atoms with Crippen molar-refractivity contribution in [1.82, 2.24) is 9.80 Å². The summed E-state index contributed by atoms with van der Waals surface area (Å²) in [5, 5.41) is 0. The highest BCUT2D eigenvalue weighted by molar-refractivity contribution is 5.98. The molecule has 0 spiro atoms. The zero-order chi connectivity index (χ0) is 19.8. The topological polar surface area (TPSA) is 66.9 Å².